The molecule has 0 aliphatic carbocycles. The first kappa shape index (κ1) is 29.9. The molecule has 4 rings (SSSR count). The van der Waals surface area contributed by atoms with Gasteiger partial charge in [0.05, 0.1) is 24.8 Å². The molecule has 3 aromatic carbocycles. The van der Waals surface area contributed by atoms with Crippen molar-refractivity contribution in [3.05, 3.63) is 106 Å². The summed E-state index contributed by atoms with van der Waals surface area (Å²) < 4.78 is 18.6. The number of carbonyl (C=O) groups excluding carboxylic acids is 3. The smallest absolute Gasteiger partial charge is 0.337 e. The zero-order chi connectivity index (χ0) is 29.9. The third-order valence-electron chi connectivity index (χ3n) is 7.85. The van der Waals surface area contributed by atoms with Crippen molar-refractivity contribution in [3.8, 4) is 0 Å². The monoisotopic (exact) mass is 559 g/mol. The number of rotatable bonds is 7. The summed E-state index contributed by atoms with van der Waals surface area (Å²) in [6, 6.07) is 18.7. The van der Waals surface area contributed by atoms with Crippen molar-refractivity contribution in [3.63, 3.8) is 0 Å². The number of hydrogen-bond donors (Lipinski definition) is 1. The van der Waals surface area contributed by atoms with E-state index in [1.54, 1.807) is 46.2 Å². The number of hydrogen-bond acceptors (Lipinski definition) is 5. The zero-order valence-corrected chi connectivity index (χ0v) is 24.3. The van der Waals surface area contributed by atoms with Crippen LogP contribution in [0, 0.1) is 11.2 Å². The highest BCUT2D eigenvalue weighted by Gasteiger charge is 2.41. The van der Waals surface area contributed by atoms with Crippen LogP contribution in [0.5, 0.6) is 0 Å². The molecule has 216 valence electrons. The van der Waals surface area contributed by atoms with Gasteiger partial charge in [0.25, 0.3) is 0 Å². The molecular formula is C33H38FN3O4. The van der Waals surface area contributed by atoms with Crippen LogP contribution in [-0.2, 0) is 33.8 Å². The summed E-state index contributed by atoms with van der Waals surface area (Å²) in [6.07, 6.45) is 0.353. The van der Waals surface area contributed by atoms with Crippen LogP contribution in [0.3, 0.4) is 0 Å². The van der Waals surface area contributed by atoms with Crippen LogP contribution in [0.15, 0.2) is 72.8 Å². The van der Waals surface area contributed by atoms with Gasteiger partial charge in [-0.05, 0) is 58.9 Å². The lowest BCUT2D eigenvalue weighted by molar-refractivity contribution is -0.151. The molecular weight excluding hydrogens is 521 g/mol. The van der Waals surface area contributed by atoms with Crippen molar-refractivity contribution >= 4 is 17.8 Å². The van der Waals surface area contributed by atoms with Crippen molar-refractivity contribution in [2.24, 2.45) is 11.1 Å². The molecule has 1 unspecified atom stereocenters. The fourth-order valence-corrected chi connectivity index (χ4v) is 5.10. The molecule has 7 nitrogen and oxygen atoms in total. The van der Waals surface area contributed by atoms with Crippen LogP contribution < -0.4 is 5.73 Å². The van der Waals surface area contributed by atoms with Crippen LogP contribution >= 0.6 is 0 Å². The Morgan fingerprint density at radius 3 is 2.20 bits per heavy atom. The maximum atomic E-state index is 14.5. The Labute approximate surface area is 241 Å². The van der Waals surface area contributed by atoms with E-state index in [9.17, 15) is 18.8 Å². The lowest BCUT2D eigenvalue weighted by Crippen LogP contribution is -2.59. The Morgan fingerprint density at radius 2 is 1.61 bits per heavy atom. The number of methoxy groups -OCH3 is 1. The zero-order valence-electron chi connectivity index (χ0n) is 24.3. The second kappa shape index (κ2) is 12.2. The molecule has 0 spiro atoms. The van der Waals surface area contributed by atoms with Crippen molar-refractivity contribution < 1.29 is 23.5 Å². The molecule has 1 heterocycles. The van der Waals surface area contributed by atoms with Gasteiger partial charge in [-0.3, -0.25) is 9.59 Å². The van der Waals surface area contributed by atoms with Crippen molar-refractivity contribution in [1.29, 1.82) is 0 Å². The topological polar surface area (TPSA) is 92.9 Å². The molecule has 1 aliphatic heterocycles. The van der Waals surface area contributed by atoms with Crippen LogP contribution in [0.1, 0.15) is 66.3 Å². The Kier molecular flexibility index (Phi) is 8.92. The summed E-state index contributed by atoms with van der Waals surface area (Å²) in [7, 11) is 1.32. The fourth-order valence-electron chi connectivity index (χ4n) is 5.10. The largest absolute Gasteiger partial charge is 0.465 e. The Bertz CT molecular complexity index is 1400. The molecule has 8 heteroatoms. The summed E-state index contributed by atoms with van der Waals surface area (Å²) in [5.41, 5.74) is 9.88. The molecule has 0 saturated heterocycles. The van der Waals surface area contributed by atoms with Gasteiger partial charge in [0.2, 0.25) is 11.8 Å². The third kappa shape index (κ3) is 6.65. The Hall–Kier alpha value is -4.04. The van der Waals surface area contributed by atoms with E-state index >= 15 is 0 Å². The maximum Gasteiger partial charge on any atom is 0.337 e. The molecule has 0 bridgehead atoms. The van der Waals surface area contributed by atoms with E-state index < -0.39 is 29.5 Å². The van der Waals surface area contributed by atoms with Gasteiger partial charge in [-0.1, -0.05) is 69.3 Å². The van der Waals surface area contributed by atoms with Crippen molar-refractivity contribution in [2.45, 2.75) is 65.3 Å². The Balaban J connectivity index is 1.74. The molecule has 1 aliphatic rings. The van der Waals surface area contributed by atoms with Gasteiger partial charge in [-0.2, -0.15) is 0 Å². The first-order valence-corrected chi connectivity index (χ1v) is 13.8. The van der Waals surface area contributed by atoms with Gasteiger partial charge in [-0.25, -0.2) is 9.18 Å². The summed E-state index contributed by atoms with van der Waals surface area (Å²) in [5, 5.41) is 0. The normalized spacial score (nSPS) is 16.4. The minimum Gasteiger partial charge on any atom is -0.465 e. The predicted octanol–water partition coefficient (Wildman–Crippen LogP) is 5.03. The first-order chi connectivity index (χ1) is 19.4. The van der Waals surface area contributed by atoms with Crippen molar-refractivity contribution in [1.82, 2.24) is 9.80 Å². The molecule has 0 aromatic heterocycles. The number of carbonyl (C=O) groups is 3. The predicted molar refractivity (Wildman–Crippen MR) is 155 cm³/mol. The standard InChI is InChI=1S/C33H38FN3O4/c1-21(23-14-16-27(34)17-15-23)36(19-22-10-12-24(13-11-22)32(40)41-5)30(38)28-18-25-8-6-7-9-26(25)20-37(28)31(39)29(35)33(2,3)4/h6-17,21,28-29H,18-20,35H2,1-5H3/t21-,28+,29?/m1/s1. The highest BCUT2D eigenvalue weighted by Crippen LogP contribution is 2.31. The first-order valence-electron chi connectivity index (χ1n) is 13.8. The van der Waals surface area contributed by atoms with Gasteiger partial charge in [-0.15, -0.1) is 0 Å². The molecule has 41 heavy (non-hydrogen) atoms. The molecule has 3 aromatic rings. The molecule has 2 amide bonds. The van der Waals surface area contributed by atoms with Gasteiger partial charge < -0.3 is 20.3 Å². The van der Waals surface area contributed by atoms with E-state index in [4.69, 9.17) is 10.5 Å². The fraction of sp³-hybridized carbons (Fsp3) is 0.364. The number of nitrogens with zero attached hydrogens (tertiary/aromatic N) is 2. The highest BCUT2D eigenvalue weighted by atomic mass is 19.1. The van der Waals surface area contributed by atoms with Gasteiger partial charge in [0.1, 0.15) is 11.9 Å². The number of esters is 1. The van der Waals surface area contributed by atoms with Gasteiger partial charge in [0, 0.05) is 19.5 Å². The lowest BCUT2D eigenvalue weighted by atomic mass is 9.85. The SMILES string of the molecule is COC(=O)c1ccc(CN(C(=O)[C@@H]2Cc3ccccc3CN2C(=O)C(N)C(C)(C)C)[C@H](C)c2ccc(F)cc2)cc1. The van der Waals surface area contributed by atoms with Crippen LogP contribution in [-0.4, -0.2) is 46.8 Å². The molecule has 3 atom stereocenters. The van der Waals surface area contributed by atoms with Crippen LogP contribution in [0.25, 0.3) is 0 Å². The average molecular weight is 560 g/mol. The van der Waals surface area contributed by atoms with Gasteiger partial charge in [0.15, 0.2) is 0 Å². The highest BCUT2D eigenvalue weighted by molar-refractivity contribution is 5.91. The van der Waals surface area contributed by atoms with E-state index in [0.717, 1.165) is 22.3 Å². The summed E-state index contributed by atoms with van der Waals surface area (Å²) >= 11 is 0. The molecule has 2 N–H and O–H groups in total. The molecule has 0 radical (unpaired) electrons. The number of amides is 2. The maximum absolute atomic E-state index is 14.5. The van der Waals surface area contributed by atoms with Crippen LogP contribution in [0.2, 0.25) is 0 Å². The summed E-state index contributed by atoms with van der Waals surface area (Å²) in [5.74, 6) is -1.33. The number of halogens is 1. The van der Waals surface area contributed by atoms with E-state index in [-0.39, 0.29) is 30.7 Å². The van der Waals surface area contributed by atoms with E-state index in [1.807, 2.05) is 52.0 Å². The average Bonchev–Trinajstić information content (AvgIpc) is 2.97. The number of ether oxygens (including phenoxy) is 1. The summed E-state index contributed by atoms with van der Waals surface area (Å²) in [6.45, 7) is 8.10. The molecule has 0 fully saturated rings. The Morgan fingerprint density at radius 1 is 1.00 bits per heavy atom. The van der Waals surface area contributed by atoms with Crippen molar-refractivity contribution in [2.75, 3.05) is 7.11 Å². The number of fused-ring (bicyclic) bond motifs is 1. The second-order valence-electron chi connectivity index (χ2n) is 11.7. The second-order valence-corrected chi connectivity index (χ2v) is 11.7. The number of nitrogens with two attached hydrogens (primary N) is 1. The van der Waals surface area contributed by atoms with E-state index in [1.165, 1.54) is 19.2 Å². The van der Waals surface area contributed by atoms with Crippen LogP contribution in [0.4, 0.5) is 4.39 Å². The van der Waals surface area contributed by atoms with E-state index in [2.05, 4.69) is 0 Å². The summed E-state index contributed by atoms with van der Waals surface area (Å²) in [4.78, 5) is 43.6. The quantitative estimate of drug-likeness (QED) is 0.410. The lowest BCUT2D eigenvalue weighted by Gasteiger charge is -2.42. The minimum absolute atomic E-state index is 0.213. The number of benzene rings is 3. The third-order valence-corrected chi connectivity index (χ3v) is 7.85. The van der Waals surface area contributed by atoms with Gasteiger partial charge >= 0.3 is 5.97 Å². The minimum atomic E-state index is -0.795. The van der Waals surface area contributed by atoms with E-state index in [0.29, 0.717) is 12.0 Å². The molecule has 0 saturated carbocycles.